The lowest BCUT2D eigenvalue weighted by molar-refractivity contribution is 0.309. The summed E-state index contributed by atoms with van der Waals surface area (Å²) in [6.45, 7) is 4.75. The Labute approximate surface area is 147 Å². The Kier molecular flexibility index (Phi) is 4.13. The standard InChI is InChI=1S/C19H23N5O/c1-13-21-19(25-22-13)14-8-9-24(11-14)12-15-10-20-18(23(2)3)17-7-5-4-6-16(15)17/h4-7,10,14H,8-9,11-12H2,1-3H3. The van der Waals surface area contributed by atoms with Gasteiger partial charge in [0.25, 0.3) is 0 Å². The van der Waals surface area contributed by atoms with Gasteiger partial charge < -0.3 is 9.42 Å². The van der Waals surface area contributed by atoms with Crippen LogP contribution in [0.4, 0.5) is 5.82 Å². The van der Waals surface area contributed by atoms with E-state index >= 15 is 0 Å². The molecule has 0 radical (unpaired) electrons. The number of hydrogen-bond donors (Lipinski definition) is 0. The highest BCUT2D eigenvalue weighted by molar-refractivity contribution is 5.94. The number of anilines is 1. The molecule has 130 valence electrons. The number of benzene rings is 1. The van der Waals surface area contributed by atoms with Gasteiger partial charge in [0.2, 0.25) is 5.89 Å². The lowest BCUT2D eigenvalue weighted by Gasteiger charge is -2.19. The van der Waals surface area contributed by atoms with Gasteiger partial charge >= 0.3 is 0 Å². The molecule has 1 atom stereocenters. The fourth-order valence-electron chi connectivity index (χ4n) is 3.62. The number of aromatic nitrogens is 3. The Morgan fingerprint density at radius 3 is 2.76 bits per heavy atom. The van der Waals surface area contributed by atoms with Gasteiger partial charge in [-0.1, -0.05) is 29.4 Å². The molecule has 0 spiro atoms. The van der Waals surface area contributed by atoms with E-state index < -0.39 is 0 Å². The molecule has 25 heavy (non-hydrogen) atoms. The summed E-state index contributed by atoms with van der Waals surface area (Å²) in [5.74, 6) is 2.83. The Morgan fingerprint density at radius 1 is 1.24 bits per heavy atom. The van der Waals surface area contributed by atoms with E-state index in [2.05, 4.69) is 49.2 Å². The minimum atomic E-state index is 0.335. The minimum Gasteiger partial charge on any atom is -0.362 e. The summed E-state index contributed by atoms with van der Waals surface area (Å²) in [5, 5.41) is 6.40. The van der Waals surface area contributed by atoms with Crippen molar-refractivity contribution in [1.29, 1.82) is 0 Å². The second kappa shape index (κ2) is 6.44. The highest BCUT2D eigenvalue weighted by atomic mass is 16.5. The van der Waals surface area contributed by atoms with Gasteiger partial charge in [-0.05, 0) is 30.8 Å². The van der Waals surface area contributed by atoms with Crippen molar-refractivity contribution >= 4 is 16.6 Å². The summed E-state index contributed by atoms with van der Waals surface area (Å²) in [5.41, 5.74) is 1.27. The van der Waals surface area contributed by atoms with E-state index in [0.29, 0.717) is 11.7 Å². The molecule has 6 nitrogen and oxygen atoms in total. The van der Waals surface area contributed by atoms with Crippen LogP contribution in [-0.4, -0.2) is 47.2 Å². The first kappa shape index (κ1) is 16.0. The van der Waals surface area contributed by atoms with Crippen LogP contribution in [0.25, 0.3) is 10.8 Å². The zero-order valence-corrected chi connectivity index (χ0v) is 14.9. The number of pyridine rings is 1. The van der Waals surface area contributed by atoms with Gasteiger partial charge in [-0.3, -0.25) is 4.90 Å². The molecule has 1 saturated heterocycles. The van der Waals surface area contributed by atoms with Gasteiger partial charge in [-0.2, -0.15) is 4.98 Å². The SMILES string of the molecule is Cc1noc(C2CCN(Cc3cnc(N(C)C)c4ccccc34)C2)n1. The van der Waals surface area contributed by atoms with E-state index in [-0.39, 0.29) is 0 Å². The molecule has 3 aromatic rings. The highest BCUT2D eigenvalue weighted by Crippen LogP contribution is 2.30. The molecular weight excluding hydrogens is 314 g/mol. The van der Waals surface area contributed by atoms with E-state index in [1.165, 1.54) is 16.3 Å². The Hall–Kier alpha value is -2.47. The topological polar surface area (TPSA) is 58.3 Å². The van der Waals surface area contributed by atoms with E-state index in [1.54, 1.807) is 0 Å². The molecule has 1 aromatic carbocycles. The molecule has 0 bridgehead atoms. The second-order valence-electron chi connectivity index (χ2n) is 6.95. The largest absolute Gasteiger partial charge is 0.362 e. The maximum atomic E-state index is 5.35. The van der Waals surface area contributed by atoms with Gasteiger partial charge in [0.05, 0.1) is 5.92 Å². The van der Waals surface area contributed by atoms with Crippen molar-refractivity contribution in [2.75, 3.05) is 32.1 Å². The summed E-state index contributed by atoms with van der Waals surface area (Å²) in [4.78, 5) is 13.6. The molecule has 1 aliphatic rings. The van der Waals surface area contributed by atoms with E-state index in [1.807, 2.05) is 27.2 Å². The van der Waals surface area contributed by atoms with Crippen molar-refractivity contribution < 1.29 is 4.52 Å². The van der Waals surface area contributed by atoms with Crippen LogP contribution in [-0.2, 0) is 6.54 Å². The Morgan fingerprint density at radius 2 is 2.04 bits per heavy atom. The zero-order chi connectivity index (χ0) is 17.4. The van der Waals surface area contributed by atoms with Crippen LogP contribution in [0.2, 0.25) is 0 Å². The Bertz CT molecular complexity index is 888. The first-order valence-electron chi connectivity index (χ1n) is 8.68. The minimum absolute atomic E-state index is 0.335. The second-order valence-corrected chi connectivity index (χ2v) is 6.95. The van der Waals surface area contributed by atoms with Crippen molar-refractivity contribution in [2.24, 2.45) is 0 Å². The smallest absolute Gasteiger partial charge is 0.231 e. The summed E-state index contributed by atoms with van der Waals surface area (Å²) in [6.07, 6.45) is 3.07. The van der Waals surface area contributed by atoms with Gasteiger partial charge in [-0.25, -0.2) is 4.98 Å². The first-order chi connectivity index (χ1) is 12.1. The van der Waals surface area contributed by atoms with E-state index in [0.717, 1.165) is 37.8 Å². The average molecular weight is 337 g/mol. The zero-order valence-electron chi connectivity index (χ0n) is 14.9. The van der Waals surface area contributed by atoms with Crippen molar-refractivity contribution in [2.45, 2.75) is 25.8 Å². The third-order valence-corrected chi connectivity index (χ3v) is 4.84. The number of hydrogen-bond acceptors (Lipinski definition) is 6. The molecule has 0 saturated carbocycles. The number of aryl methyl sites for hydroxylation is 1. The van der Waals surface area contributed by atoms with Crippen LogP contribution in [0.5, 0.6) is 0 Å². The van der Waals surface area contributed by atoms with Crippen molar-refractivity contribution in [1.82, 2.24) is 20.0 Å². The fraction of sp³-hybridized carbons (Fsp3) is 0.421. The number of rotatable bonds is 4. The van der Waals surface area contributed by atoms with E-state index in [4.69, 9.17) is 4.52 Å². The summed E-state index contributed by atoms with van der Waals surface area (Å²) in [6, 6.07) is 8.51. The fourth-order valence-corrected chi connectivity index (χ4v) is 3.62. The predicted molar refractivity (Wildman–Crippen MR) is 97.7 cm³/mol. The van der Waals surface area contributed by atoms with Crippen molar-refractivity contribution in [3.8, 4) is 0 Å². The molecule has 1 unspecified atom stereocenters. The third kappa shape index (κ3) is 3.09. The lowest BCUT2D eigenvalue weighted by atomic mass is 10.1. The molecule has 0 N–H and O–H groups in total. The van der Waals surface area contributed by atoms with Gasteiger partial charge in [0, 0.05) is 38.8 Å². The molecule has 4 rings (SSSR count). The summed E-state index contributed by atoms with van der Waals surface area (Å²) >= 11 is 0. The maximum absolute atomic E-state index is 5.35. The molecule has 0 aliphatic carbocycles. The number of likely N-dealkylation sites (tertiary alicyclic amines) is 1. The van der Waals surface area contributed by atoms with Crippen LogP contribution in [0.3, 0.4) is 0 Å². The quantitative estimate of drug-likeness (QED) is 0.729. The Balaban J connectivity index is 1.56. The van der Waals surface area contributed by atoms with Gasteiger partial charge in [0.15, 0.2) is 5.82 Å². The molecule has 2 aromatic heterocycles. The monoisotopic (exact) mass is 337 g/mol. The van der Waals surface area contributed by atoms with Gasteiger partial charge in [-0.15, -0.1) is 0 Å². The summed E-state index contributed by atoms with van der Waals surface area (Å²) in [7, 11) is 4.07. The molecule has 6 heteroatoms. The number of nitrogens with zero attached hydrogens (tertiary/aromatic N) is 5. The summed E-state index contributed by atoms with van der Waals surface area (Å²) < 4.78 is 5.35. The average Bonchev–Trinajstić information content (AvgIpc) is 3.24. The highest BCUT2D eigenvalue weighted by Gasteiger charge is 2.28. The normalized spacial score (nSPS) is 18.1. The van der Waals surface area contributed by atoms with Gasteiger partial charge in [0.1, 0.15) is 5.82 Å². The maximum Gasteiger partial charge on any atom is 0.231 e. The van der Waals surface area contributed by atoms with E-state index in [9.17, 15) is 0 Å². The predicted octanol–water partition coefficient (Wildman–Crippen LogP) is 2.98. The van der Waals surface area contributed by atoms with Crippen LogP contribution in [0.15, 0.2) is 35.0 Å². The van der Waals surface area contributed by atoms with Crippen LogP contribution >= 0.6 is 0 Å². The van der Waals surface area contributed by atoms with Crippen LogP contribution < -0.4 is 4.90 Å². The molecule has 0 amide bonds. The number of fused-ring (bicyclic) bond motifs is 1. The van der Waals surface area contributed by atoms with Crippen LogP contribution in [0, 0.1) is 6.92 Å². The third-order valence-electron chi connectivity index (χ3n) is 4.84. The molecular formula is C19H23N5O. The van der Waals surface area contributed by atoms with Crippen molar-refractivity contribution in [3.63, 3.8) is 0 Å². The molecule has 3 heterocycles. The molecule has 1 fully saturated rings. The lowest BCUT2D eigenvalue weighted by Crippen LogP contribution is -2.20. The molecule has 1 aliphatic heterocycles. The van der Waals surface area contributed by atoms with Crippen LogP contribution in [0.1, 0.15) is 29.6 Å². The van der Waals surface area contributed by atoms with Crippen molar-refractivity contribution in [3.05, 3.63) is 47.7 Å². The first-order valence-corrected chi connectivity index (χ1v) is 8.68.